The molecule has 0 heterocycles. The first-order valence-corrected chi connectivity index (χ1v) is 7.41. The van der Waals surface area contributed by atoms with Gasteiger partial charge < -0.3 is 0 Å². The van der Waals surface area contributed by atoms with Crippen molar-refractivity contribution in [2.24, 2.45) is 0 Å². The third-order valence-electron chi connectivity index (χ3n) is 2.85. The lowest BCUT2D eigenvalue weighted by atomic mass is 10.0. The maximum atomic E-state index is 13.1. The predicted molar refractivity (Wildman–Crippen MR) is 80.7 cm³/mol. The van der Waals surface area contributed by atoms with Gasteiger partial charge in [0, 0.05) is 9.30 Å². The molecule has 3 heteroatoms. The van der Waals surface area contributed by atoms with Crippen molar-refractivity contribution in [1.29, 1.82) is 0 Å². The van der Waals surface area contributed by atoms with Crippen LogP contribution in [-0.4, -0.2) is 0 Å². The van der Waals surface area contributed by atoms with Gasteiger partial charge in [0.15, 0.2) is 0 Å². The van der Waals surface area contributed by atoms with Crippen molar-refractivity contribution in [2.75, 3.05) is 0 Å². The molecule has 2 rings (SSSR count). The molecule has 2 aromatic carbocycles. The molecule has 0 amide bonds. The monoisotopic (exact) mass is 370 g/mol. The highest BCUT2D eigenvalue weighted by molar-refractivity contribution is 9.10. The summed E-state index contributed by atoms with van der Waals surface area (Å²) < 4.78 is 14.2. The van der Waals surface area contributed by atoms with Crippen molar-refractivity contribution in [3.63, 3.8) is 0 Å². The van der Waals surface area contributed by atoms with Crippen LogP contribution in [0.15, 0.2) is 46.9 Å². The van der Waals surface area contributed by atoms with Crippen LogP contribution in [0.2, 0.25) is 0 Å². The number of benzene rings is 2. The molecule has 0 aliphatic rings. The van der Waals surface area contributed by atoms with Gasteiger partial charge in [-0.3, -0.25) is 0 Å². The van der Waals surface area contributed by atoms with Gasteiger partial charge >= 0.3 is 0 Å². The Kier molecular flexibility index (Phi) is 4.57. The fraction of sp³-hybridized carbons (Fsp3) is 0.200. The van der Waals surface area contributed by atoms with Crippen LogP contribution in [0.5, 0.6) is 0 Å². The van der Waals surface area contributed by atoms with Crippen LogP contribution in [0, 0.1) is 12.7 Å². The molecule has 0 aliphatic heterocycles. The maximum Gasteiger partial charge on any atom is 0.123 e. The van der Waals surface area contributed by atoms with Gasteiger partial charge in [-0.1, -0.05) is 56.1 Å². The van der Waals surface area contributed by atoms with Crippen LogP contribution in [0.4, 0.5) is 4.39 Å². The summed E-state index contributed by atoms with van der Waals surface area (Å²) in [6, 6.07) is 13.0. The van der Waals surface area contributed by atoms with Crippen molar-refractivity contribution >= 4 is 31.9 Å². The van der Waals surface area contributed by atoms with E-state index in [1.54, 1.807) is 12.1 Å². The standard InChI is InChI=1S/C15H13Br2F/c1-10-7-12(5-6-14(10)16)15(17)9-11-3-2-4-13(18)8-11/h2-8,15H,9H2,1H3. The summed E-state index contributed by atoms with van der Waals surface area (Å²) in [5.41, 5.74) is 3.41. The minimum Gasteiger partial charge on any atom is -0.207 e. The minimum atomic E-state index is -0.181. The second kappa shape index (κ2) is 5.98. The van der Waals surface area contributed by atoms with E-state index in [1.807, 2.05) is 12.1 Å². The molecular weight excluding hydrogens is 359 g/mol. The minimum absolute atomic E-state index is 0.181. The Morgan fingerprint density at radius 2 is 1.94 bits per heavy atom. The molecule has 0 bridgehead atoms. The van der Waals surface area contributed by atoms with Crippen LogP contribution in [0.3, 0.4) is 0 Å². The molecule has 0 nitrogen and oxygen atoms in total. The number of rotatable bonds is 3. The molecular formula is C15H13Br2F. The van der Waals surface area contributed by atoms with Crippen LogP contribution in [0.25, 0.3) is 0 Å². The van der Waals surface area contributed by atoms with Crippen molar-refractivity contribution < 1.29 is 4.39 Å². The molecule has 0 saturated carbocycles. The fourth-order valence-corrected chi connectivity index (χ4v) is 2.76. The van der Waals surface area contributed by atoms with Gasteiger partial charge in [-0.05, 0) is 48.2 Å². The number of aryl methyl sites for hydroxylation is 1. The zero-order chi connectivity index (χ0) is 13.1. The zero-order valence-electron chi connectivity index (χ0n) is 9.96. The highest BCUT2D eigenvalue weighted by atomic mass is 79.9. The molecule has 18 heavy (non-hydrogen) atoms. The SMILES string of the molecule is Cc1cc(C(Br)Cc2cccc(F)c2)ccc1Br. The maximum absolute atomic E-state index is 13.1. The molecule has 0 aromatic heterocycles. The Labute approximate surface area is 123 Å². The van der Waals surface area contributed by atoms with Gasteiger partial charge in [0.05, 0.1) is 0 Å². The van der Waals surface area contributed by atoms with Crippen LogP contribution in [0.1, 0.15) is 21.5 Å². The third kappa shape index (κ3) is 3.42. The van der Waals surface area contributed by atoms with Crippen molar-refractivity contribution in [2.45, 2.75) is 18.2 Å². The van der Waals surface area contributed by atoms with Gasteiger partial charge in [0.1, 0.15) is 5.82 Å². The molecule has 1 atom stereocenters. The molecule has 94 valence electrons. The van der Waals surface area contributed by atoms with Gasteiger partial charge in [0.2, 0.25) is 0 Å². The molecule has 0 N–H and O–H groups in total. The summed E-state index contributed by atoms with van der Waals surface area (Å²) in [6.07, 6.45) is 0.777. The summed E-state index contributed by atoms with van der Waals surface area (Å²) in [7, 11) is 0. The second-order valence-corrected chi connectivity index (χ2v) is 6.27. The summed E-state index contributed by atoms with van der Waals surface area (Å²) in [5.74, 6) is -0.181. The average Bonchev–Trinajstić information content (AvgIpc) is 2.32. The molecule has 0 aliphatic carbocycles. The zero-order valence-corrected chi connectivity index (χ0v) is 13.1. The molecule has 0 radical (unpaired) electrons. The Balaban J connectivity index is 2.16. The topological polar surface area (TPSA) is 0 Å². The fourth-order valence-electron chi connectivity index (χ4n) is 1.85. The van der Waals surface area contributed by atoms with E-state index in [1.165, 1.54) is 17.2 Å². The average molecular weight is 372 g/mol. The Bertz CT molecular complexity index is 552. The Morgan fingerprint density at radius 3 is 2.61 bits per heavy atom. The summed E-state index contributed by atoms with van der Waals surface area (Å²) >= 11 is 7.16. The van der Waals surface area contributed by atoms with Crippen molar-refractivity contribution in [3.8, 4) is 0 Å². The third-order valence-corrected chi connectivity index (χ3v) is 4.59. The summed E-state index contributed by atoms with van der Waals surface area (Å²) in [4.78, 5) is 0.200. The predicted octanol–water partition coefficient (Wildman–Crippen LogP) is 5.58. The van der Waals surface area contributed by atoms with E-state index in [2.05, 4.69) is 50.9 Å². The van der Waals surface area contributed by atoms with E-state index in [9.17, 15) is 4.39 Å². The van der Waals surface area contributed by atoms with E-state index >= 15 is 0 Å². The number of alkyl halides is 1. The lowest BCUT2D eigenvalue weighted by Gasteiger charge is -2.12. The number of halogens is 3. The number of hydrogen-bond acceptors (Lipinski definition) is 0. The smallest absolute Gasteiger partial charge is 0.123 e. The number of hydrogen-bond donors (Lipinski definition) is 0. The van der Waals surface area contributed by atoms with E-state index in [4.69, 9.17) is 0 Å². The lowest BCUT2D eigenvalue weighted by Crippen LogP contribution is -1.96. The van der Waals surface area contributed by atoms with Crippen molar-refractivity contribution in [1.82, 2.24) is 0 Å². The lowest BCUT2D eigenvalue weighted by molar-refractivity contribution is 0.625. The first-order valence-electron chi connectivity index (χ1n) is 5.71. The summed E-state index contributed by atoms with van der Waals surface area (Å²) in [6.45, 7) is 2.06. The quantitative estimate of drug-likeness (QED) is 0.618. The Hall–Kier alpha value is -0.670. The van der Waals surface area contributed by atoms with E-state index in [-0.39, 0.29) is 10.6 Å². The van der Waals surface area contributed by atoms with Gasteiger partial charge in [0.25, 0.3) is 0 Å². The van der Waals surface area contributed by atoms with Gasteiger partial charge in [-0.15, -0.1) is 0 Å². The molecule has 2 aromatic rings. The first kappa shape index (κ1) is 13.8. The normalized spacial score (nSPS) is 12.4. The largest absolute Gasteiger partial charge is 0.207 e. The first-order chi connectivity index (χ1) is 8.56. The van der Waals surface area contributed by atoms with Crippen LogP contribution in [-0.2, 0) is 6.42 Å². The molecule has 0 spiro atoms. The summed E-state index contributed by atoms with van der Waals surface area (Å²) in [5, 5.41) is 0. The second-order valence-electron chi connectivity index (χ2n) is 4.31. The van der Waals surface area contributed by atoms with Crippen LogP contribution >= 0.6 is 31.9 Å². The highest BCUT2D eigenvalue weighted by Crippen LogP contribution is 2.29. The van der Waals surface area contributed by atoms with E-state index < -0.39 is 0 Å². The van der Waals surface area contributed by atoms with Gasteiger partial charge in [-0.25, -0.2) is 4.39 Å². The molecule has 0 fully saturated rings. The molecule has 1 unspecified atom stereocenters. The Morgan fingerprint density at radius 1 is 1.17 bits per heavy atom. The van der Waals surface area contributed by atoms with E-state index in [0.717, 1.165) is 16.5 Å². The van der Waals surface area contributed by atoms with Crippen molar-refractivity contribution in [3.05, 3.63) is 69.4 Å². The highest BCUT2D eigenvalue weighted by Gasteiger charge is 2.10. The van der Waals surface area contributed by atoms with Gasteiger partial charge in [-0.2, -0.15) is 0 Å². The molecule has 0 saturated heterocycles. The van der Waals surface area contributed by atoms with E-state index in [0.29, 0.717) is 0 Å². The van der Waals surface area contributed by atoms with Crippen LogP contribution < -0.4 is 0 Å².